The number of nitrogens with zero attached hydrogens (tertiary/aromatic N) is 1. The summed E-state index contributed by atoms with van der Waals surface area (Å²) < 4.78 is 4.68. The van der Waals surface area contributed by atoms with Crippen LogP contribution >= 0.6 is 11.6 Å². The molecule has 0 saturated heterocycles. The average molecular weight is 297 g/mol. The molecule has 0 aliphatic heterocycles. The molecule has 2 aromatic heterocycles. The summed E-state index contributed by atoms with van der Waals surface area (Å²) in [6, 6.07) is 0.663. The van der Waals surface area contributed by atoms with Gasteiger partial charge in [0.1, 0.15) is 11.7 Å². The number of methoxy groups -OCH3 is 1. The highest BCUT2D eigenvalue weighted by atomic mass is 35.5. The molecule has 0 unspecified atom stereocenters. The molecule has 0 saturated carbocycles. The van der Waals surface area contributed by atoms with Crippen LogP contribution in [-0.4, -0.2) is 40.0 Å². The maximum Gasteiger partial charge on any atom is 0.328 e. The number of aromatic nitrogens is 3. The number of rotatable bonds is 5. The van der Waals surface area contributed by atoms with Gasteiger partial charge in [-0.05, 0) is 6.07 Å². The van der Waals surface area contributed by atoms with E-state index >= 15 is 0 Å². The number of aromatic amines is 2. The van der Waals surface area contributed by atoms with Crippen LogP contribution in [0.15, 0.2) is 24.8 Å². The van der Waals surface area contributed by atoms with Crippen LogP contribution in [0, 0.1) is 0 Å². The van der Waals surface area contributed by atoms with Crippen LogP contribution in [0.3, 0.4) is 0 Å². The second-order valence-electron chi connectivity index (χ2n) is 4.06. The van der Waals surface area contributed by atoms with E-state index in [9.17, 15) is 9.59 Å². The van der Waals surface area contributed by atoms with Crippen LogP contribution in [0.2, 0.25) is 5.02 Å². The third kappa shape index (κ3) is 3.39. The van der Waals surface area contributed by atoms with Crippen LogP contribution < -0.4 is 5.32 Å². The lowest BCUT2D eigenvalue weighted by molar-refractivity contribution is -0.142. The lowest BCUT2D eigenvalue weighted by Crippen LogP contribution is -2.43. The number of hydrogen-bond acceptors (Lipinski definition) is 4. The Balaban J connectivity index is 2.07. The molecule has 0 aromatic carbocycles. The fourth-order valence-electron chi connectivity index (χ4n) is 1.69. The van der Waals surface area contributed by atoms with Gasteiger partial charge in [-0.3, -0.25) is 4.79 Å². The predicted octanol–water partition coefficient (Wildman–Crippen LogP) is 0.905. The van der Waals surface area contributed by atoms with Crippen molar-refractivity contribution in [2.75, 3.05) is 7.11 Å². The van der Waals surface area contributed by atoms with Gasteiger partial charge < -0.3 is 20.0 Å². The molecule has 1 atom stereocenters. The van der Waals surface area contributed by atoms with Gasteiger partial charge in [0, 0.05) is 24.5 Å². The molecular formula is C12H13ClN4O3. The minimum atomic E-state index is -0.810. The van der Waals surface area contributed by atoms with Gasteiger partial charge in [-0.2, -0.15) is 0 Å². The van der Waals surface area contributed by atoms with E-state index in [0.29, 0.717) is 10.7 Å². The second kappa shape index (κ2) is 6.25. The predicted molar refractivity (Wildman–Crippen MR) is 71.4 cm³/mol. The molecule has 0 bridgehead atoms. The van der Waals surface area contributed by atoms with Gasteiger partial charge in [-0.25, -0.2) is 9.78 Å². The van der Waals surface area contributed by atoms with Crippen molar-refractivity contribution in [2.24, 2.45) is 0 Å². The summed E-state index contributed by atoms with van der Waals surface area (Å²) in [5.74, 6) is -0.975. The summed E-state index contributed by atoms with van der Waals surface area (Å²) in [5.41, 5.74) is 0.985. The Morgan fingerprint density at radius 3 is 2.85 bits per heavy atom. The summed E-state index contributed by atoms with van der Waals surface area (Å²) in [6.45, 7) is 0. The monoisotopic (exact) mass is 296 g/mol. The Bertz CT molecular complexity index is 594. The molecule has 0 aliphatic carbocycles. The fraction of sp³-hybridized carbons (Fsp3) is 0.250. The summed E-state index contributed by atoms with van der Waals surface area (Å²) in [4.78, 5) is 33.1. The maximum atomic E-state index is 12.0. The molecule has 0 spiro atoms. The van der Waals surface area contributed by atoms with E-state index in [1.165, 1.54) is 25.7 Å². The Morgan fingerprint density at radius 1 is 1.50 bits per heavy atom. The molecule has 20 heavy (non-hydrogen) atoms. The highest BCUT2D eigenvalue weighted by molar-refractivity contribution is 6.31. The first-order valence-electron chi connectivity index (χ1n) is 5.80. The third-order valence-corrected chi connectivity index (χ3v) is 2.88. The first-order chi connectivity index (χ1) is 9.60. The number of amides is 1. The van der Waals surface area contributed by atoms with Crippen molar-refractivity contribution < 1.29 is 14.3 Å². The van der Waals surface area contributed by atoms with E-state index in [1.807, 2.05) is 0 Å². The topological polar surface area (TPSA) is 99.9 Å². The zero-order chi connectivity index (χ0) is 14.5. The van der Waals surface area contributed by atoms with Crippen molar-refractivity contribution in [1.29, 1.82) is 0 Å². The Kier molecular flexibility index (Phi) is 4.41. The molecule has 0 aliphatic rings. The zero-order valence-corrected chi connectivity index (χ0v) is 11.4. The van der Waals surface area contributed by atoms with E-state index in [2.05, 4.69) is 25.0 Å². The van der Waals surface area contributed by atoms with Gasteiger partial charge in [-0.15, -0.1) is 0 Å². The van der Waals surface area contributed by atoms with E-state index in [4.69, 9.17) is 11.6 Å². The van der Waals surface area contributed by atoms with Crippen molar-refractivity contribution in [2.45, 2.75) is 12.5 Å². The molecule has 2 aromatic rings. The van der Waals surface area contributed by atoms with Crippen LogP contribution in [0.5, 0.6) is 0 Å². The van der Waals surface area contributed by atoms with Crippen molar-refractivity contribution in [3.05, 3.63) is 41.2 Å². The number of carbonyl (C=O) groups excluding carboxylic acids is 2. The van der Waals surface area contributed by atoms with Crippen LogP contribution in [0.4, 0.5) is 0 Å². The molecule has 8 heteroatoms. The van der Waals surface area contributed by atoms with Gasteiger partial charge >= 0.3 is 5.97 Å². The summed E-state index contributed by atoms with van der Waals surface area (Å²) in [5, 5.41) is 3.00. The van der Waals surface area contributed by atoms with E-state index in [1.54, 1.807) is 6.20 Å². The standard InChI is InChI=1S/C12H13ClN4O3/c1-20-12(19)10(3-8-5-14-6-16-8)17-11(18)9-2-7(13)4-15-9/h2,4-6,10,15H,3H2,1H3,(H,14,16)(H,17,18)/t10-/m0/s1. The largest absolute Gasteiger partial charge is 0.467 e. The van der Waals surface area contributed by atoms with Gasteiger partial charge in [-0.1, -0.05) is 11.6 Å². The van der Waals surface area contributed by atoms with Crippen LogP contribution in [0.1, 0.15) is 16.2 Å². The van der Waals surface area contributed by atoms with E-state index < -0.39 is 17.9 Å². The smallest absolute Gasteiger partial charge is 0.328 e. The zero-order valence-electron chi connectivity index (χ0n) is 10.6. The SMILES string of the molecule is COC(=O)[C@H](Cc1cnc[nH]1)NC(=O)c1cc(Cl)c[nH]1. The van der Waals surface area contributed by atoms with Gasteiger partial charge in [0.15, 0.2) is 0 Å². The Labute approximate surface area is 119 Å². The first kappa shape index (κ1) is 14.1. The average Bonchev–Trinajstić information content (AvgIpc) is 3.08. The fourth-order valence-corrected chi connectivity index (χ4v) is 1.85. The molecular weight excluding hydrogens is 284 g/mol. The van der Waals surface area contributed by atoms with Crippen LogP contribution in [0.25, 0.3) is 0 Å². The van der Waals surface area contributed by atoms with Crippen LogP contribution in [-0.2, 0) is 16.0 Å². The number of imidazole rings is 1. The first-order valence-corrected chi connectivity index (χ1v) is 6.18. The number of esters is 1. The number of hydrogen-bond donors (Lipinski definition) is 3. The van der Waals surface area contributed by atoms with Gasteiger partial charge in [0.2, 0.25) is 0 Å². The number of H-pyrrole nitrogens is 2. The Morgan fingerprint density at radius 2 is 2.30 bits per heavy atom. The van der Waals surface area contributed by atoms with Gasteiger partial charge in [0.25, 0.3) is 5.91 Å². The van der Waals surface area contributed by atoms with Crippen molar-refractivity contribution in [3.63, 3.8) is 0 Å². The molecule has 0 radical (unpaired) electrons. The van der Waals surface area contributed by atoms with Crippen molar-refractivity contribution in [1.82, 2.24) is 20.3 Å². The number of nitrogens with one attached hydrogen (secondary N) is 3. The van der Waals surface area contributed by atoms with Crippen molar-refractivity contribution in [3.8, 4) is 0 Å². The number of halogens is 1. The number of carbonyl (C=O) groups is 2. The van der Waals surface area contributed by atoms with E-state index in [0.717, 1.165) is 0 Å². The second-order valence-corrected chi connectivity index (χ2v) is 4.50. The summed E-state index contributed by atoms with van der Waals surface area (Å²) in [7, 11) is 1.26. The quantitative estimate of drug-likeness (QED) is 0.714. The highest BCUT2D eigenvalue weighted by Gasteiger charge is 2.23. The molecule has 1 amide bonds. The number of ether oxygens (including phenoxy) is 1. The molecule has 0 fully saturated rings. The lowest BCUT2D eigenvalue weighted by atomic mass is 10.1. The summed E-state index contributed by atoms with van der Waals surface area (Å²) >= 11 is 5.73. The van der Waals surface area contributed by atoms with Crippen molar-refractivity contribution >= 4 is 23.5 Å². The molecule has 7 nitrogen and oxygen atoms in total. The maximum absolute atomic E-state index is 12.0. The lowest BCUT2D eigenvalue weighted by Gasteiger charge is -2.15. The van der Waals surface area contributed by atoms with E-state index in [-0.39, 0.29) is 12.1 Å². The van der Waals surface area contributed by atoms with Gasteiger partial charge in [0.05, 0.1) is 18.5 Å². The molecule has 106 valence electrons. The highest BCUT2D eigenvalue weighted by Crippen LogP contribution is 2.10. The Hall–Kier alpha value is -2.28. The minimum absolute atomic E-state index is 0.257. The third-order valence-electron chi connectivity index (χ3n) is 2.66. The normalized spacial score (nSPS) is 11.9. The summed E-state index contributed by atoms with van der Waals surface area (Å²) in [6.07, 6.45) is 4.81. The molecule has 3 N–H and O–H groups in total. The molecule has 2 heterocycles. The minimum Gasteiger partial charge on any atom is -0.467 e. The molecule has 2 rings (SSSR count).